The van der Waals surface area contributed by atoms with E-state index in [9.17, 15) is 4.79 Å². The van der Waals surface area contributed by atoms with Crippen LogP contribution in [0.25, 0.3) is 22.2 Å². The predicted octanol–water partition coefficient (Wildman–Crippen LogP) is 3.40. The summed E-state index contributed by atoms with van der Waals surface area (Å²) >= 11 is 0. The van der Waals surface area contributed by atoms with Crippen LogP contribution in [0, 0.1) is 0 Å². The van der Waals surface area contributed by atoms with Gasteiger partial charge in [0.25, 0.3) is 0 Å². The van der Waals surface area contributed by atoms with Gasteiger partial charge in [-0.1, -0.05) is 6.07 Å². The lowest BCUT2D eigenvalue weighted by Crippen LogP contribution is -2.37. The number of carbonyl (C=O) groups excluding carboxylic acids is 1. The van der Waals surface area contributed by atoms with Crippen molar-refractivity contribution in [2.75, 3.05) is 43.6 Å². The molecule has 1 saturated heterocycles. The molecule has 0 atom stereocenters. The topological polar surface area (TPSA) is 94.4 Å². The monoisotopic (exact) mass is 444 g/mol. The first kappa shape index (κ1) is 20.9. The SMILES string of the molecule is COC(=O)c1ccc(Nc2cc(-c3ccc4c(cnn4C)c3)nc(N3CCOCC3)n2)cc1. The normalized spacial score (nSPS) is 13.8. The summed E-state index contributed by atoms with van der Waals surface area (Å²) in [5, 5.41) is 8.73. The molecule has 168 valence electrons. The molecule has 2 aromatic heterocycles. The lowest BCUT2D eigenvalue weighted by Gasteiger charge is -2.27. The maximum atomic E-state index is 11.7. The van der Waals surface area contributed by atoms with E-state index in [1.165, 1.54) is 7.11 Å². The molecule has 0 unspecified atom stereocenters. The van der Waals surface area contributed by atoms with Crippen LogP contribution in [0.1, 0.15) is 10.4 Å². The molecule has 33 heavy (non-hydrogen) atoms. The number of methoxy groups -OCH3 is 1. The predicted molar refractivity (Wildman–Crippen MR) is 126 cm³/mol. The summed E-state index contributed by atoms with van der Waals surface area (Å²) in [6, 6.07) is 15.2. The van der Waals surface area contributed by atoms with Gasteiger partial charge in [0.15, 0.2) is 0 Å². The lowest BCUT2D eigenvalue weighted by molar-refractivity contribution is 0.0600. The number of ether oxygens (including phenoxy) is 2. The molecule has 4 aromatic rings. The zero-order chi connectivity index (χ0) is 22.8. The van der Waals surface area contributed by atoms with Crippen LogP contribution in [0.15, 0.2) is 54.7 Å². The lowest BCUT2D eigenvalue weighted by atomic mass is 10.1. The van der Waals surface area contributed by atoms with Crippen LogP contribution in [0.5, 0.6) is 0 Å². The molecule has 1 N–H and O–H groups in total. The minimum atomic E-state index is -0.369. The number of anilines is 3. The van der Waals surface area contributed by atoms with Crippen molar-refractivity contribution in [2.45, 2.75) is 0 Å². The Bertz CT molecular complexity index is 1300. The fraction of sp³-hybridized carbons (Fsp3) is 0.250. The van der Waals surface area contributed by atoms with Gasteiger partial charge >= 0.3 is 5.97 Å². The minimum absolute atomic E-state index is 0.369. The van der Waals surface area contributed by atoms with Gasteiger partial charge in [-0.2, -0.15) is 10.1 Å². The molecule has 0 saturated carbocycles. The first-order valence-corrected chi connectivity index (χ1v) is 10.7. The van der Waals surface area contributed by atoms with E-state index in [2.05, 4.69) is 21.4 Å². The number of nitrogens with zero attached hydrogens (tertiary/aromatic N) is 5. The Morgan fingerprint density at radius 1 is 1.06 bits per heavy atom. The van der Waals surface area contributed by atoms with Gasteiger partial charge < -0.3 is 19.7 Å². The summed E-state index contributed by atoms with van der Waals surface area (Å²) in [4.78, 5) is 23.5. The van der Waals surface area contributed by atoms with E-state index in [-0.39, 0.29) is 5.97 Å². The highest BCUT2D eigenvalue weighted by atomic mass is 16.5. The van der Waals surface area contributed by atoms with Crippen LogP contribution in [0.4, 0.5) is 17.5 Å². The zero-order valence-corrected chi connectivity index (χ0v) is 18.5. The van der Waals surface area contributed by atoms with Crippen molar-refractivity contribution < 1.29 is 14.3 Å². The molecule has 0 aliphatic carbocycles. The van der Waals surface area contributed by atoms with Crippen LogP contribution < -0.4 is 10.2 Å². The van der Waals surface area contributed by atoms with E-state index in [4.69, 9.17) is 19.4 Å². The summed E-state index contributed by atoms with van der Waals surface area (Å²) in [5.74, 6) is 0.945. The van der Waals surface area contributed by atoms with E-state index < -0.39 is 0 Å². The summed E-state index contributed by atoms with van der Waals surface area (Å²) < 4.78 is 12.1. The average molecular weight is 444 g/mol. The van der Waals surface area contributed by atoms with E-state index >= 15 is 0 Å². The minimum Gasteiger partial charge on any atom is -0.465 e. The van der Waals surface area contributed by atoms with Gasteiger partial charge in [0.2, 0.25) is 5.95 Å². The molecule has 0 spiro atoms. The number of nitrogens with one attached hydrogen (secondary N) is 1. The number of hydrogen-bond donors (Lipinski definition) is 1. The molecule has 0 radical (unpaired) electrons. The highest BCUT2D eigenvalue weighted by molar-refractivity contribution is 5.90. The molecular weight excluding hydrogens is 420 g/mol. The number of morpholine rings is 1. The Labute approximate surface area is 191 Å². The Morgan fingerprint density at radius 2 is 1.85 bits per heavy atom. The maximum Gasteiger partial charge on any atom is 0.337 e. The highest BCUT2D eigenvalue weighted by Gasteiger charge is 2.17. The van der Waals surface area contributed by atoms with Crippen LogP contribution in [-0.2, 0) is 16.5 Å². The third-order valence-corrected chi connectivity index (χ3v) is 5.63. The average Bonchev–Trinajstić information content (AvgIpc) is 3.24. The maximum absolute atomic E-state index is 11.7. The number of aryl methyl sites for hydroxylation is 1. The van der Waals surface area contributed by atoms with Crippen LogP contribution in [-0.4, -0.2) is 59.1 Å². The van der Waals surface area contributed by atoms with Crippen LogP contribution in [0.2, 0.25) is 0 Å². The Kier molecular flexibility index (Phi) is 5.62. The van der Waals surface area contributed by atoms with Crippen molar-refractivity contribution in [3.05, 3.63) is 60.3 Å². The van der Waals surface area contributed by atoms with Gasteiger partial charge in [0, 0.05) is 42.8 Å². The van der Waals surface area contributed by atoms with Crippen molar-refractivity contribution in [2.24, 2.45) is 7.05 Å². The van der Waals surface area contributed by atoms with Gasteiger partial charge in [0.05, 0.1) is 43.3 Å². The number of carbonyl (C=O) groups is 1. The number of aromatic nitrogens is 4. The number of hydrogen-bond acceptors (Lipinski definition) is 8. The number of benzene rings is 2. The first-order valence-electron chi connectivity index (χ1n) is 10.7. The van der Waals surface area contributed by atoms with Gasteiger partial charge in [-0.3, -0.25) is 4.68 Å². The van der Waals surface area contributed by atoms with Gasteiger partial charge in [-0.05, 0) is 36.4 Å². The van der Waals surface area contributed by atoms with Gasteiger partial charge in [0.1, 0.15) is 5.82 Å². The molecule has 0 bridgehead atoms. The van der Waals surface area contributed by atoms with Crippen molar-refractivity contribution in [3.8, 4) is 11.3 Å². The number of esters is 1. The fourth-order valence-corrected chi connectivity index (χ4v) is 3.83. The highest BCUT2D eigenvalue weighted by Crippen LogP contribution is 2.28. The first-order chi connectivity index (χ1) is 16.1. The standard InChI is InChI=1S/C24H24N6O3/c1-29-21-8-5-17(13-18(21)15-25-29)20-14-22(28-24(27-20)30-9-11-33-12-10-30)26-19-6-3-16(4-7-19)23(31)32-2/h3-8,13-15H,9-12H2,1-2H3,(H,26,27,28). The second kappa shape index (κ2) is 8.87. The zero-order valence-electron chi connectivity index (χ0n) is 18.5. The van der Waals surface area contributed by atoms with E-state index in [0.29, 0.717) is 30.5 Å². The summed E-state index contributed by atoms with van der Waals surface area (Å²) in [7, 11) is 3.30. The fourth-order valence-electron chi connectivity index (χ4n) is 3.83. The molecule has 1 aliphatic heterocycles. The van der Waals surface area contributed by atoms with E-state index in [0.717, 1.165) is 40.9 Å². The largest absolute Gasteiger partial charge is 0.465 e. The summed E-state index contributed by atoms with van der Waals surface area (Å²) in [5.41, 5.74) is 4.15. The molecule has 3 heterocycles. The second-order valence-electron chi connectivity index (χ2n) is 7.77. The van der Waals surface area contributed by atoms with Crippen molar-refractivity contribution in [1.82, 2.24) is 19.7 Å². The molecule has 0 amide bonds. The van der Waals surface area contributed by atoms with E-state index in [1.54, 1.807) is 12.1 Å². The van der Waals surface area contributed by atoms with Crippen molar-refractivity contribution >= 4 is 34.3 Å². The molecule has 2 aromatic carbocycles. The van der Waals surface area contributed by atoms with Crippen molar-refractivity contribution in [3.63, 3.8) is 0 Å². The molecular formula is C24H24N6O3. The second-order valence-corrected chi connectivity index (χ2v) is 7.77. The Hall–Kier alpha value is -3.98. The van der Waals surface area contributed by atoms with E-state index in [1.807, 2.05) is 48.3 Å². The number of rotatable bonds is 5. The van der Waals surface area contributed by atoms with Crippen molar-refractivity contribution in [1.29, 1.82) is 0 Å². The third-order valence-electron chi connectivity index (χ3n) is 5.63. The summed E-state index contributed by atoms with van der Waals surface area (Å²) in [6.07, 6.45) is 1.85. The molecule has 1 fully saturated rings. The van der Waals surface area contributed by atoms with Crippen LogP contribution in [0.3, 0.4) is 0 Å². The smallest absolute Gasteiger partial charge is 0.337 e. The van der Waals surface area contributed by atoms with Gasteiger partial charge in [-0.25, -0.2) is 9.78 Å². The molecule has 9 nitrogen and oxygen atoms in total. The summed E-state index contributed by atoms with van der Waals surface area (Å²) in [6.45, 7) is 2.76. The number of fused-ring (bicyclic) bond motifs is 1. The van der Waals surface area contributed by atoms with Gasteiger partial charge in [-0.15, -0.1) is 0 Å². The van der Waals surface area contributed by atoms with Crippen LogP contribution >= 0.6 is 0 Å². The third kappa shape index (κ3) is 4.35. The molecule has 9 heteroatoms. The Morgan fingerprint density at radius 3 is 2.61 bits per heavy atom. The quantitative estimate of drug-likeness (QED) is 0.468. The molecule has 5 rings (SSSR count). The Balaban J connectivity index is 1.51. The molecule has 1 aliphatic rings.